The van der Waals surface area contributed by atoms with Gasteiger partial charge in [-0.3, -0.25) is 4.79 Å². The molecule has 5 heteroatoms. The molecular formula is C23H27N3O2. The Morgan fingerprint density at radius 3 is 2.54 bits per heavy atom. The number of amides is 1. The fourth-order valence-electron chi connectivity index (χ4n) is 4.13. The zero-order valence-corrected chi connectivity index (χ0v) is 16.4. The van der Waals surface area contributed by atoms with Gasteiger partial charge in [0.2, 0.25) is 5.91 Å². The Hall–Kier alpha value is -2.66. The molecule has 28 heavy (non-hydrogen) atoms. The normalized spacial score (nSPS) is 15.2. The number of para-hydroxylation sites is 2. The fourth-order valence-corrected chi connectivity index (χ4v) is 4.13. The largest absolute Gasteiger partial charge is 0.384 e. The minimum absolute atomic E-state index is 0.195. The van der Waals surface area contributed by atoms with Crippen molar-refractivity contribution in [2.45, 2.75) is 31.7 Å². The van der Waals surface area contributed by atoms with Crippen LogP contribution in [0, 0.1) is 0 Å². The van der Waals surface area contributed by atoms with Crippen molar-refractivity contribution in [3.63, 3.8) is 0 Å². The molecular weight excluding hydrogens is 350 g/mol. The number of likely N-dealkylation sites (tertiary alicyclic amines) is 1. The van der Waals surface area contributed by atoms with Crippen LogP contribution in [0.1, 0.15) is 36.7 Å². The summed E-state index contributed by atoms with van der Waals surface area (Å²) in [4.78, 5) is 19.2. The van der Waals surface area contributed by atoms with E-state index in [1.54, 1.807) is 7.11 Å². The van der Waals surface area contributed by atoms with Gasteiger partial charge in [-0.05, 0) is 30.5 Å². The van der Waals surface area contributed by atoms with Crippen LogP contribution in [0.2, 0.25) is 0 Å². The number of aromatic nitrogens is 2. The summed E-state index contributed by atoms with van der Waals surface area (Å²) < 4.78 is 7.46. The number of imidazole rings is 1. The van der Waals surface area contributed by atoms with Gasteiger partial charge in [0, 0.05) is 32.7 Å². The maximum absolute atomic E-state index is 12.3. The fraction of sp³-hybridized carbons (Fsp3) is 0.391. The number of fused-ring (bicyclic) bond motifs is 1. The van der Waals surface area contributed by atoms with Crippen LogP contribution in [0.15, 0.2) is 54.6 Å². The van der Waals surface area contributed by atoms with E-state index in [1.807, 2.05) is 17.0 Å². The summed E-state index contributed by atoms with van der Waals surface area (Å²) in [6.07, 6.45) is 3.21. The van der Waals surface area contributed by atoms with Crippen LogP contribution in [-0.2, 0) is 16.0 Å². The first-order valence-corrected chi connectivity index (χ1v) is 10.0. The molecule has 3 aromatic rings. The number of methoxy groups -OCH3 is 1. The molecule has 0 unspecified atom stereocenters. The molecule has 1 fully saturated rings. The number of ether oxygens (including phenoxy) is 1. The maximum Gasteiger partial charge on any atom is 0.224 e. The highest BCUT2D eigenvalue weighted by Crippen LogP contribution is 2.30. The second kappa shape index (κ2) is 8.57. The first-order chi connectivity index (χ1) is 13.8. The van der Waals surface area contributed by atoms with Crippen molar-refractivity contribution >= 4 is 16.9 Å². The van der Waals surface area contributed by atoms with Gasteiger partial charge in [-0.25, -0.2) is 4.98 Å². The summed E-state index contributed by atoms with van der Waals surface area (Å²) >= 11 is 0. The molecule has 4 rings (SSSR count). The lowest BCUT2D eigenvalue weighted by Gasteiger charge is -2.33. The van der Waals surface area contributed by atoms with Crippen molar-refractivity contribution < 1.29 is 9.53 Å². The Balaban J connectivity index is 1.56. The molecule has 2 aromatic carbocycles. The Morgan fingerprint density at radius 1 is 1.07 bits per heavy atom. The molecule has 1 aliphatic heterocycles. The second-order valence-electron chi connectivity index (χ2n) is 7.40. The van der Waals surface area contributed by atoms with E-state index in [9.17, 15) is 4.79 Å². The van der Waals surface area contributed by atoms with Crippen LogP contribution in [0.5, 0.6) is 0 Å². The average molecular weight is 377 g/mol. The first-order valence-electron chi connectivity index (χ1n) is 10.0. The SMILES string of the molecule is COCCC(=O)N1CCC(n2c(Cc3ccccc3)nc3ccccc32)CC1. The van der Waals surface area contributed by atoms with Crippen LogP contribution in [0.4, 0.5) is 0 Å². The van der Waals surface area contributed by atoms with Gasteiger partial charge in [-0.15, -0.1) is 0 Å². The summed E-state index contributed by atoms with van der Waals surface area (Å²) in [5.74, 6) is 1.30. The Bertz CT molecular complexity index is 927. The van der Waals surface area contributed by atoms with E-state index in [-0.39, 0.29) is 5.91 Å². The van der Waals surface area contributed by atoms with Crippen LogP contribution in [-0.4, -0.2) is 47.2 Å². The first kappa shape index (κ1) is 18.7. The number of rotatable bonds is 6. The zero-order chi connectivity index (χ0) is 19.3. The molecule has 5 nitrogen and oxygen atoms in total. The van der Waals surface area contributed by atoms with Gasteiger partial charge in [0.15, 0.2) is 0 Å². The van der Waals surface area contributed by atoms with Gasteiger partial charge in [0.05, 0.1) is 24.1 Å². The van der Waals surface area contributed by atoms with Crippen molar-refractivity contribution in [2.75, 3.05) is 26.8 Å². The zero-order valence-electron chi connectivity index (χ0n) is 16.4. The van der Waals surface area contributed by atoms with Crippen molar-refractivity contribution in [3.05, 3.63) is 66.0 Å². The highest BCUT2D eigenvalue weighted by atomic mass is 16.5. The Kier molecular flexibility index (Phi) is 5.72. The number of carbonyl (C=O) groups excluding carboxylic acids is 1. The third kappa shape index (κ3) is 3.94. The van der Waals surface area contributed by atoms with Gasteiger partial charge in [0.25, 0.3) is 0 Å². The highest BCUT2D eigenvalue weighted by Gasteiger charge is 2.26. The number of carbonyl (C=O) groups is 1. The quantitative estimate of drug-likeness (QED) is 0.656. The van der Waals surface area contributed by atoms with Gasteiger partial charge < -0.3 is 14.2 Å². The molecule has 0 atom stereocenters. The van der Waals surface area contributed by atoms with Gasteiger partial charge >= 0.3 is 0 Å². The predicted molar refractivity (Wildman–Crippen MR) is 110 cm³/mol. The Labute approximate surface area is 165 Å². The molecule has 1 amide bonds. The molecule has 1 aliphatic rings. The maximum atomic E-state index is 12.3. The third-order valence-corrected chi connectivity index (χ3v) is 5.58. The summed E-state index contributed by atoms with van der Waals surface area (Å²) in [5, 5.41) is 0. The lowest BCUT2D eigenvalue weighted by atomic mass is 10.0. The molecule has 1 aromatic heterocycles. The summed E-state index contributed by atoms with van der Waals surface area (Å²) in [7, 11) is 1.64. The van der Waals surface area contributed by atoms with Crippen molar-refractivity contribution in [1.29, 1.82) is 0 Å². The van der Waals surface area contributed by atoms with Gasteiger partial charge in [-0.2, -0.15) is 0 Å². The van der Waals surface area contributed by atoms with E-state index in [0.29, 0.717) is 19.1 Å². The van der Waals surface area contributed by atoms with Crippen LogP contribution in [0.3, 0.4) is 0 Å². The lowest BCUT2D eigenvalue weighted by molar-refractivity contribution is -0.133. The summed E-state index contributed by atoms with van der Waals surface area (Å²) in [5.41, 5.74) is 3.51. The average Bonchev–Trinajstić information content (AvgIpc) is 3.10. The van der Waals surface area contributed by atoms with Crippen LogP contribution < -0.4 is 0 Å². The Morgan fingerprint density at radius 2 is 1.79 bits per heavy atom. The van der Waals surface area contributed by atoms with Crippen LogP contribution >= 0.6 is 0 Å². The molecule has 0 N–H and O–H groups in total. The number of nitrogens with zero attached hydrogens (tertiary/aromatic N) is 3. The number of hydrogen-bond donors (Lipinski definition) is 0. The second-order valence-corrected chi connectivity index (χ2v) is 7.40. The molecule has 0 radical (unpaired) electrons. The number of hydrogen-bond acceptors (Lipinski definition) is 3. The van der Waals surface area contributed by atoms with E-state index in [2.05, 4.69) is 47.0 Å². The van der Waals surface area contributed by atoms with E-state index in [0.717, 1.165) is 43.7 Å². The topological polar surface area (TPSA) is 47.4 Å². The van der Waals surface area contributed by atoms with E-state index < -0.39 is 0 Å². The molecule has 1 saturated heterocycles. The molecule has 0 bridgehead atoms. The summed E-state index contributed by atoms with van der Waals surface area (Å²) in [6, 6.07) is 19.2. The van der Waals surface area contributed by atoms with E-state index >= 15 is 0 Å². The third-order valence-electron chi connectivity index (χ3n) is 5.58. The molecule has 2 heterocycles. The highest BCUT2D eigenvalue weighted by molar-refractivity contribution is 5.77. The number of benzene rings is 2. The van der Waals surface area contributed by atoms with Crippen LogP contribution in [0.25, 0.3) is 11.0 Å². The van der Waals surface area contributed by atoms with Crippen molar-refractivity contribution in [1.82, 2.24) is 14.5 Å². The standard InChI is InChI=1S/C23H27N3O2/c1-28-16-13-23(27)25-14-11-19(12-15-25)26-21-10-6-5-9-20(21)24-22(26)17-18-7-3-2-4-8-18/h2-10,19H,11-17H2,1H3. The minimum atomic E-state index is 0.195. The van der Waals surface area contributed by atoms with Crippen molar-refractivity contribution in [2.24, 2.45) is 0 Å². The molecule has 146 valence electrons. The van der Waals surface area contributed by atoms with E-state index in [4.69, 9.17) is 9.72 Å². The minimum Gasteiger partial charge on any atom is -0.384 e. The van der Waals surface area contributed by atoms with Gasteiger partial charge in [0.1, 0.15) is 5.82 Å². The number of piperidine rings is 1. The summed E-state index contributed by atoms with van der Waals surface area (Å²) in [6.45, 7) is 2.08. The predicted octanol–water partition coefficient (Wildman–Crippen LogP) is 3.83. The molecule has 0 spiro atoms. The molecule has 0 saturated carbocycles. The van der Waals surface area contributed by atoms with Crippen molar-refractivity contribution in [3.8, 4) is 0 Å². The van der Waals surface area contributed by atoms with E-state index in [1.165, 1.54) is 11.1 Å². The monoisotopic (exact) mass is 377 g/mol. The smallest absolute Gasteiger partial charge is 0.224 e. The lowest BCUT2D eigenvalue weighted by Crippen LogP contribution is -2.39. The molecule has 0 aliphatic carbocycles. The van der Waals surface area contributed by atoms with Gasteiger partial charge in [-0.1, -0.05) is 42.5 Å².